The molecule has 92 valence electrons. The standard InChI is InChI=1S/C14H18INO/c1-14(2)9-5-8-12(14)16-13(17)10-6-3-4-7-11(10)15/h3-4,6-7,12H,5,8-9H2,1-2H3,(H,16,17). The van der Waals surface area contributed by atoms with Crippen LogP contribution in [0.3, 0.4) is 0 Å². The van der Waals surface area contributed by atoms with Gasteiger partial charge in [-0.3, -0.25) is 4.79 Å². The maximum Gasteiger partial charge on any atom is 0.252 e. The van der Waals surface area contributed by atoms with Gasteiger partial charge in [0.2, 0.25) is 0 Å². The van der Waals surface area contributed by atoms with Gasteiger partial charge in [0, 0.05) is 9.61 Å². The minimum atomic E-state index is 0.0648. The van der Waals surface area contributed by atoms with E-state index in [4.69, 9.17) is 0 Å². The highest BCUT2D eigenvalue weighted by atomic mass is 127. The van der Waals surface area contributed by atoms with Crippen LogP contribution in [0.1, 0.15) is 43.5 Å². The van der Waals surface area contributed by atoms with E-state index >= 15 is 0 Å². The molecule has 1 fully saturated rings. The Balaban J connectivity index is 2.10. The zero-order chi connectivity index (χ0) is 12.5. The molecule has 1 amide bonds. The van der Waals surface area contributed by atoms with Gasteiger partial charge in [-0.25, -0.2) is 0 Å². The summed E-state index contributed by atoms with van der Waals surface area (Å²) in [5, 5.41) is 3.18. The summed E-state index contributed by atoms with van der Waals surface area (Å²) in [4.78, 5) is 12.2. The van der Waals surface area contributed by atoms with Gasteiger partial charge < -0.3 is 5.32 Å². The molecule has 17 heavy (non-hydrogen) atoms. The molecule has 2 rings (SSSR count). The summed E-state index contributed by atoms with van der Waals surface area (Å²) in [6.07, 6.45) is 3.51. The first-order valence-electron chi connectivity index (χ1n) is 6.06. The molecule has 0 aliphatic heterocycles. The number of rotatable bonds is 2. The van der Waals surface area contributed by atoms with E-state index in [9.17, 15) is 4.79 Å². The number of hydrogen-bond acceptors (Lipinski definition) is 1. The van der Waals surface area contributed by atoms with Crippen molar-refractivity contribution < 1.29 is 4.79 Å². The quantitative estimate of drug-likeness (QED) is 0.817. The number of carbonyl (C=O) groups excluding carboxylic acids is 1. The topological polar surface area (TPSA) is 29.1 Å². The fraction of sp³-hybridized carbons (Fsp3) is 0.500. The minimum absolute atomic E-state index is 0.0648. The summed E-state index contributed by atoms with van der Waals surface area (Å²) in [5.41, 5.74) is 1.02. The van der Waals surface area contributed by atoms with Crippen LogP contribution in [0.25, 0.3) is 0 Å². The van der Waals surface area contributed by atoms with Crippen molar-refractivity contribution in [2.75, 3.05) is 0 Å². The van der Waals surface area contributed by atoms with Gasteiger partial charge in [0.1, 0.15) is 0 Å². The molecule has 0 heterocycles. The Morgan fingerprint density at radius 1 is 1.41 bits per heavy atom. The van der Waals surface area contributed by atoms with Gasteiger partial charge in [-0.2, -0.15) is 0 Å². The molecule has 1 N–H and O–H groups in total. The highest BCUT2D eigenvalue weighted by Crippen LogP contribution is 2.37. The Hall–Kier alpha value is -0.580. The van der Waals surface area contributed by atoms with Crippen LogP contribution in [-0.2, 0) is 0 Å². The smallest absolute Gasteiger partial charge is 0.252 e. The van der Waals surface area contributed by atoms with Gasteiger partial charge in [-0.1, -0.05) is 32.4 Å². The normalized spacial score (nSPS) is 22.4. The predicted octanol–water partition coefficient (Wildman–Crippen LogP) is 3.60. The summed E-state index contributed by atoms with van der Waals surface area (Å²) < 4.78 is 1.01. The van der Waals surface area contributed by atoms with Gasteiger partial charge in [0.05, 0.1) is 5.56 Å². The second-order valence-electron chi connectivity index (χ2n) is 5.39. The molecule has 0 aromatic heterocycles. The van der Waals surface area contributed by atoms with Crippen molar-refractivity contribution in [2.24, 2.45) is 5.41 Å². The molecule has 2 nitrogen and oxygen atoms in total. The fourth-order valence-corrected chi connectivity index (χ4v) is 3.11. The highest BCUT2D eigenvalue weighted by Gasteiger charge is 2.35. The lowest BCUT2D eigenvalue weighted by Crippen LogP contribution is -2.41. The molecule has 1 aliphatic carbocycles. The number of carbonyl (C=O) groups is 1. The number of benzene rings is 1. The van der Waals surface area contributed by atoms with E-state index in [2.05, 4.69) is 41.8 Å². The summed E-state index contributed by atoms with van der Waals surface area (Å²) in [5.74, 6) is 0.0648. The van der Waals surface area contributed by atoms with E-state index in [1.165, 1.54) is 12.8 Å². The van der Waals surface area contributed by atoms with Crippen molar-refractivity contribution >= 4 is 28.5 Å². The Labute approximate surface area is 116 Å². The number of hydrogen-bond donors (Lipinski definition) is 1. The van der Waals surface area contributed by atoms with E-state index < -0.39 is 0 Å². The molecule has 0 saturated heterocycles. The Morgan fingerprint density at radius 3 is 2.71 bits per heavy atom. The van der Waals surface area contributed by atoms with Crippen molar-refractivity contribution in [3.05, 3.63) is 33.4 Å². The molecule has 1 aliphatic rings. The lowest BCUT2D eigenvalue weighted by atomic mass is 9.87. The molecule has 1 atom stereocenters. The Kier molecular flexibility index (Phi) is 3.76. The summed E-state index contributed by atoms with van der Waals surface area (Å²) in [7, 11) is 0. The third-order valence-electron chi connectivity index (χ3n) is 3.68. The highest BCUT2D eigenvalue weighted by molar-refractivity contribution is 14.1. The lowest BCUT2D eigenvalue weighted by Gasteiger charge is -2.27. The van der Waals surface area contributed by atoms with Crippen LogP contribution < -0.4 is 5.32 Å². The van der Waals surface area contributed by atoms with Gasteiger partial charge in [0.15, 0.2) is 0 Å². The molecule has 1 unspecified atom stereocenters. The van der Waals surface area contributed by atoms with Gasteiger partial charge in [0.25, 0.3) is 5.91 Å². The van der Waals surface area contributed by atoms with Crippen LogP contribution >= 0.6 is 22.6 Å². The number of halogens is 1. The maximum atomic E-state index is 12.2. The molecule has 0 radical (unpaired) electrons. The Bertz CT molecular complexity index is 428. The first-order chi connectivity index (χ1) is 8.00. The molecule has 1 saturated carbocycles. The van der Waals surface area contributed by atoms with E-state index in [0.29, 0.717) is 6.04 Å². The van der Waals surface area contributed by atoms with Crippen molar-refractivity contribution in [3.63, 3.8) is 0 Å². The first kappa shape index (κ1) is 12.9. The first-order valence-corrected chi connectivity index (χ1v) is 7.14. The van der Waals surface area contributed by atoms with Crippen LogP contribution in [0.4, 0.5) is 0 Å². The average molecular weight is 343 g/mol. The number of amides is 1. The second kappa shape index (κ2) is 4.96. The molecular formula is C14H18INO. The van der Waals surface area contributed by atoms with Gasteiger partial charge in [-0.15, -0.1) is 0 Å². The molecule has 0 spiro atoms. The van der Waals surface area contributed by atoms with Crippen LogP contribution in [0.5, 0.6) is 0 Å². The lowest BCUT2D eigenvalue weighted by molar-refractivity contribution is 0.0909. The average Bonchev–Trinajstić information content (AvgIpc) is 2.59. The van der Waals surface area contributed by atoms with Gasteiger partial charge in [-0.05, 0) is 53.0 Å². The van der Waals surface area contributed by atoms with E-state index in [1.54, 1.807) is 0 Å². The largest absolute Gasteiger partial charge is 0.349 e. The Morgan fingerprint density at radius 2 is 2.12 bits per heavy atom. The van der Waals surface area contributed by atoms with E-state index in [0.717, 1.165) is 15.6 Å². The van der Waals surface area contributed by atoms with Gasteiger partial charge >= 0.3 is 0 Å². The SMILES string of the molecule is CC1(C)CCCC1NC(=O)c1ccccc1I. The monoisotopic (exact) mass is 343 g/mol. The third kappa shape index (κ3) is 2.81. The fourth-order valence-electron chi connectivity index (χ4n) is 2.48. The van der Waals surface area contributed by atoms with Crippen molar-refractivity contribution in [1.29, 1.82) is 0 Å². The maximum absolute atomic E-state index is 12.2. The predicted molar refractivity (Wildman–Crippen MR) is 78.0 cm³/mol. The zero-order valence-corrected chi connectivity index (χ0v) is 12.5. The summed E-state index contributed by atoms with van der Waals surface area (Å²) in [6.45, 7) is 4.47. The van der Waals surface area contributed by atoms with Crippen LogP contribution in [0, 0.1) is 8.99 Å². The zero-order valence-electron chi connectivity index (χ0n) is 10.3. The van der Waals surface area contributed by atoms with Crippen molar-refractivity contribution in [1.82, 2.24) is 5.32 Å². The molecule has 3 heteroatoms. The van der Waals surface area contributed by atoms with E-state index in [-0.39, 0.29) is 11.3 Å². The van der Waals surface area contributed by atoms with Crippen molar-refractivity contribution in [2.45, 2.75) is 39.2 Å². The van der Waals surface area contributed by atoms with E-state index in [1.807, 2.05) is 24.3 Å². The van der Waals surface area contributed by atoms with Crippen LogP contribution in [-0.4, -0.2) is 11.9 Å². The van der Waals surface area contributed by atoms with Crippen LogP contribution in [0.2, 0.25) is 0 Å². The van der Waals surface area contributed by atoms with Crippen LogP contribution in [0.15, 0.2) is 24.3 Å². The van der Waals surface area contributed by atoms with Crippen molar-refractivity contribution in [3.8, 4) is 0 Å². The second-order valence-corrected chi connectivity index (χ2v) is 6.55. The molecule has 1 aromatic rings. The molecule has 1 aromatic carbocycles. The molecule has 0 bridgehead atoms. The summed E-state index contributed by atoms with van der Waals surface area (Å²) in [6, 6.07) is 8.04. The minimum Gasteiger partial charge on any atom is -0.349 e. The molecular weight excluding hydrogens is 325 g/mol. The summed E-state index contributed by atoms with van der Waals surface area (Å²) >= 11 is 2.21. The number of nitrogens with one attached hydrogen (secondary N) is 1. The third-order valence-corrected chi connectivity index (χ3v) is 4.62.